The highest BCUT2D eigenvalue weighted by molar-refractivity contribution is 6.24. The molecule has 9 heteroatoms. The van der Waals surface area contributed by atoms with Crippen LogP contribution in [0.3, 0.4) is 0 Å². The number of carbonyl (C=O) groups excluding carboxylic acids is 5. The molecule has 1 aromatic carbocycles. The largest absolute Gasteiger partial charge is 0.338 e. The first kappa shape index (κ1) is 19.5. The fraction of sp³-hybridized carbons (Fsp3) is 0.421. The van der Waals surface area contributed by atoms with E-state index < -0.39 is 29.7 Å². The highest BCUT2D eigenvalue weighted by Crippen LogP contribution is 2.30. The van der Waals surface area contributed by atoms with Gasteiger partial charge in [0, 0.05) is 26.6 Å². The second-order valence-electron chi connectivity index (χ2n) is 6.87. The molecule has 3 rings (SSSR count). The highest BCUT2D eigenvalue weighted by atomic mass is 16.2. The van der Waals surface area contributed by atoms with E-state index in [0.29, 0.717) is 12.1 Å². The number of benzene rings is 1. The SMILES string of the molecule is CCCNC(=O)N(C)Cc1cccc2c1C(=O)N(C1CCC(=O)NC1=O)C2=O. The third-order valence-electron chi connectivity index (χ3n) is 4.83. The van der Waals surface area contributed by atoms with Gasteiger partial charge in [0.05, 0.1) is 11.1 Å². The van der Waals surface area contributed by atoms with Crippen molar-refractivity contribution in [2.24, 2.45) is 0 Å². The van der Waals surface area contributed by atoms with Gasteiger partial charge in [-0.15, -0.1) is 0 Å². The van der Waals surface area contributed by atoms with Crippen molar-refractivity contribution in [3.8, 4) is 0 Å². The second kappa shape index (κ2) is 7.79. The predicted molar refractivity (Wildman–Crippen MR) is 98.3 cm³/mol. The molecule has 0 aromatic heterocycles. The lowest BCUT2D eigenvalue weighted by Crippen LogP contribution is -2.54. The number of nitrogens with one attached hydrogen (secondary N) is 2. The molecule has 1 atom stereocenters. The Balaban J connectivity index is 1.85. The number of piperidine rings is 1. The van der Waals surface area contributed by atoms with Gasteiger partial charge in [-0.05, 0) is 24.5 Å². The zero-order valence-electron chi connectivity index (χ0n) is 15.8. The van der Waals surface area contributed by atoms with Crippen LogP contribution in [0.5, 0.6) is 0 Å². The van der Waals surface area contributed by atoms with Crippen LogP contribution in [-0.4, -0.2) is 59.1 Å². The molecule has 0 spiro atoms. The zero-order chi connectivity index (χ0) is 20.4. The summed E-state index contributed by atoms with van der Waals surface area (Å²) in [6, 6.07) is 3.57. The minimum Gasteiger partial charge on any atom is -0.338 e. The third kappa shape index (κ3) is 3.47. The van der Waals surface area contributed by atoms with Crippen LogP contribution in [0, 0.1) is 0 Å². The van der Waals surface area contributed by atoms with Gasteiger partial charge in [0.25, 0.3) is 11.8 Å². The van der Waals surface area contributed by atoms with E-state index in [0.717, 1.165) is 11.3 Å². The Hall–Kier alpha value is -3.23. The molecule has 148 valence electrons. The smallest absolute Gasteiger partial charge is 0.317 e. The predicted octanol–water partition coefficient (Wildman–Crippen LogP) is 0.639. The summed E-state index contributed by atoms with van der Waals surface area (Å²) in [5.41, 5.74) is 0.932. The van der Waals surface area contributed by atoms with Crippen molar-refractivity contribution in [1.82, 2.24) is 20.4 Å². The van der Waals surface area contributed by atoms with E-state index in [1.165, 1.54) is 11.0 Å². The Morgan fingerprint density at radius 1 is 1.25 bits per heavy atom. The van der Waals surface area contributed by atoms with Crippen molar-refractivity contribution in [2.75, 3.05) is 13.6 Å². The standard InChI is InChI=1S/C19H22N4O5/c1-3-9-20-19(28)22(2)10-11-5-4-6-12-15(11)18(27)23(17(12)26)13-7-8-14(24)21-16(13)25/h4-6,13H,3,7-10H2,1-2H3,(H,20,28)(H,21,24,25). The average molecular weight is 386 g/mol. The quantitative estimate of drug-likeness (QED) is 0.721. The van der Waals surface area contributed by atoms with Gasteiger partial charge in [-0.3, -0.25) is 29.4 Å². The first-order valence-electron chi connectivity index (χ1n) is 9.17. The molecule has 0 aliphatic carbocycles. The number of imide groups is 2. The molecular weight excluding hydrogens is 364 g/mol. The summed E-state index contributed by atoms with van der Waals surface area (Å²) < 4.78 is 0. The fourth-order valence-corrected chi connectivity index (χ4v) is 3.41. The van der Waals surface area contributed by atoms with E-state index in [4.69, 9.17) is 0 Å². The maximum absolute atomic E-state index is 13.0. The Bertz CT molecular complexity index is 866. The molecule has 6 amide bonds. The maximum atomic E-state index is 13.0. The minimum atomic E-state index is -1.01. The van der Waals surface area contributed by atoms with E-state index in [2.05, 4.69) is 10.6 Å². The molecule has 2 N–H and O–H groups in total. The lowest BCUT2D eigenvalue weighted by molar-refractivity contribution is -0.136. The average Bonchev–Trinajstić information content (AvgIpc) is 2.91. The molecule has 0 saturated carbocycles. The lowest BCUT2D eigenvalue weighted by atomic mass is 10.0. The molecule has 1 saturated heterocycles. The number of amides is 6. The molecule has 1 unspecified atom stereocenters. The van der Waals surface area contributed by atoms with Crippen molar-refractivity contribution in [1.29, 1.82) is 0 Å². The van der Waals surface area contributed by atoms with E-state index in [9.17, 15) is 24.0 Å². The van der Waals surface area contributed by atoms with Gasteiger partial charge in [-0.1, -0.05) is 19.1 Å². The molecular formula is C19H22N4O5. The zero-order valence-corrected chi connectivity index (χ0v) is 15.8. The molecule has 2 heterocycles. The number of urea groups is 1. The van der Waals surface area contributed by atoms with Crippen LogP contribution in [0.4, 0.5) is 4.79 Å². The van der Waals surface area contributed by atoms with Crippen LogP contribution >= 0.6 is 0 Å². The van der Waals surface area contributed by atoms with E-state index >= 15 is 0 Å². The lowest BCUT2D eigenvalue weighted by Gasteiger charge is -2.28. The van der Waals surface area contributed by atoms with Gasteiger partial charge < -0.3 is 10.2 Å². The summed E-state index contributed by atoms with van der Waals surface area (Å²) in [4.78, 5) is 63.8. The van der Waals surface area contributed by atoms with Gasteiger partial charge in [0.15, 0.2) is 0 Å². The summed E-state index contributed by atoms with van der Waals surface area (Å²) in [6.07, 6.45) is 0.968. The van der Waals surface area contributed by atoms with Gasteiger partial charge in [-0.2, -0.15) is 0 Å². The van der Waals surface area contributed by atoms with Gasteiger partial charge in [-0.25, -0.2) is 4.79 Å². The summed E-state index contributed by atoms with van der Waals surface area (Å²) in [5.74, 6) is -2.21. The Kier molecular flexibility index (Phi) is 5.43. The summed E-state index contributed by atoms with van der Waals surface area (Å²) >= 11 is 0. The van der Waals surface area contributed by atoms with Crippen molar-refractivity contribution in [2.45, 2.75) is 38.8 Å². The fourth-order valence-electron chi connectivity index (χ4n) is 3.41. The first-order chi connectivity index (χ1) is 13.3. The second-order valence-corrected chi connectivity index (χ2v) is 6.87. The molecule has 2 aliphatic rings. The molecule has 28 heavy (non-hydrogen) atoms. The molecule has 2 aliphatic heterocycles. The number of hydrogen-bond donors (Lipinski definition) is 2. The number of rotatable bonds is 5. The summed E-state index contributed by atoms with van der Waals surface area (Å²) in [6.45, 7) is 2.62. The molecule has 0 bridgehead atoms. The number of nitrogens with zero attached hydrogens (tertiary/aromatic N) is 2. The summed E-state index contributed by atoms with van der Waals surface area (Å²) in [7, 11) is 1.60. The highest BCUT2D eigenvalue weighted by Gasteiger charge is 2.45. The number of hydrogen-bond acceptors (Lipinski definition) is 5. The monoisotopic (exact) mass is 386 g/mol. The van der Waals surface area contributed by atoms with E-state index in [1.54, 1.807) is 19.2 Å². The van der Waals surface area contributed by atoms with Crippen molar-refractivity contribution in [3.05, 3.63) is 34.9 Å². The van der Waals surface area contributed by atoms with Crippen LogP contribution < -0.4 is 10.6 Å². The molecule has 1 aromatic rings. The van der Waals surface area contributed by atoms with Crippen LogP contribution in [0.1, 0.15) is 52.5 Å². The molecule has 9 nitrogen and oxygen atoms in total. The maximum Gasteiger partial charge on any atom is 0.317 e. The first-order valence-corrected chi connectivity index (χ1v) is 9.17. The van der Waals surface area contributed by atoms with Crippen LogP contribution in [0.25, 0.3) is 0 Å². The van der Waals surface area contributed by atoms with Gasteiger partial charge in [0.1, 0.15) is 6.04 Å². The van der Waals surface area contributed by atoms with E-state index in [1.807, 2.05) is 6.92 Å². The van der Waals surface area contributed by atoms with Crippen LogP contribution in [0.2, 0.25) is 0 Å². The van der Waals surface area contributed by atoms with Crippen molar-refractivity contribution >= 4 is 29.7 Å². The van der Waals surface area contributed by atoms with Crippen LogP contribution in [0.15, 0.2) is 18.2 Å². The van der Waals surface area contributed by atoms with Crippen LogP contribution in [-0.2, 0) is 16.1 Å². The van der Waals surface area contributed by atoms with Crippen molar-refractivity contribution in [3.63, 3.8) is 0 Å². The molecule has 1 fully saturated rings. The van der Waals surface area contributed by atoms with Crippen molar-refractivity contribution < 1.29 is 24.0 Å². The number of fused-ring (bicyclic) bond motifs is 1. The number of carbonyl (C=O) groups is 5. The Morgan fingerprint density at radius 2 is 2.00 bits per heavy atom. The summed E-state index contributed by atoms with van der Waals surface area (Å²) in [5, 5.41) is 4.92. The minimum absolute atomic E-state index is 0.0665. The Labute approximate surface area is 162 Å². The Morgan fingerprint density at radius 3 is 2.68 bits per heavy atom. The van der Waals surface area contributed by atoms with Gasteiger partial charge in [0.2, 0.25) is 11.8 Å². The van der Waals surface area contributed by atoms with E-state index in [-0.39, 0.29) is 36.5 Å². The normalized spacial score (nSPS) is 18.8. The van der Waals surface area contributed by atoms with Gasteiger partial charge >= 0.3 is 6.03 Å². The molecule has 0 radical (unpaired) electrons. The topological polar surface area (TPSA) is 116 Å². The third-order valence-corrected chi connectivity index (χ3v) is 4.83.